The lowest BCUT2D eigenvalue weighted by atomic mass is 10.1. The van der Waals surface area contributed by atoms with Gasteiger partial charge in [-0.05, 0) is 25.5 Å². The molecule has 0 aliphatic rings. The number of carbonyl (C=O) groups excluding carboxylic acids is 1. The first-order valence-electron chi connectivity index (χ1n) is 5.55. The molecule has 6 nitrogen and oxygen atoms in total. The Morgan fingerprint density at radius 3 is 2.89 bits per heavy atom. The number of carboxylic acid groups (broad SMARTS) is 1. The Morgan fingerprint density at radius 1 is 1.56 bits per heavy atom. The number of rotatable bonds is 6. The second-order valence-corrected chi connectivity index (χ2v) is 3.90. The van der Waals surface area contributed by atoms with Crippen LogP contribution in [0.3, 0.4) is 0 Å². The molecule has 0 spiro atoms. The summed E-state index contributed by atoms with van der Waals surface area (Å²) in [5.41, 5.74) is 0.927. The van der Waals surface area contributed by atoms with E-state index in [-0.39, 0.29) is 18.2 Å². The zero-order chi connectivity index (χ0) is 13.5. The molecule has 1 aromatic heterocycles. The lowest BCUT2D eigenvalue weighted by molar-refractivity contribution is -0.137. The van der Waals surface area contributed by atoms with Crippen LogP contribution in [-0.4, -0.2) is 35.2 Å². The average Bonchev–Trinajstić information content (AvgIpc) is 2.35. The standard InChI is InChI=1S/C12H16N2O4/c1-8(3-4-11(15)16)14-9-5-6-13-10(7-9)12(17)18-2/h5-8H,3-4H2,1-2H3,(H,13,14)(H,15,16). The molecule has 18 heavy (non-hydrogen) atoms. The summed E-state index contributed by atoms with van der Waals surface area (Å²) in [6.07, 6.45) is 2.10. The van der Waals surface area contributed by atoms with Crippen molar-refractivity contribution < 1.29 is 19.4 Å². The molecule has 1 atom stereocenters. The molecule has 0 aliphatic heterocycles. The van der Waals surface area contributed by atoms with E-state index in [0.717, 1.165) is 0 Å². The lowest BCUT2D eigenvalue weighted by Crippen LogP contribution is -2.17. The summed E-state index contributed by atoms with van der Waals surface area (Å²) in [6, 6.07) is 3.28. The van der Waals surface area contributed by atoms with Gasteiger partial charge in [0.2, 0.25) is 0 Å². The summed E-state index contributed by atoms with van der Waals surface area (Å²) in [7, 11) is 1.29. The summed E-state index contributed by atoms with van der Waals surface area (Å²) in [5, 5.41) is 11.7. The molecule has 0 aliphatic carbocycles. The first kappa shape index (κ1) is 14.0. The number of anilines is 1. The first-order chi connectivity index (χ1) is 8.52. The molecule has 0 radical (unpaired) electrons. The van der Waals surface area contributed by atoms with Gasteiger partial charge in [-0.3, -0.25) is 4.79 Å². The topological polar surface area (TPSA) is 88.5 Å². The van der Waals surface area contributed by atoms with Gasteiger partial charge in [0.1, 0.15) is 5.69 Å². The van der Waals surface area contributed by atoms with Crippen molar-refractivity contribution >= 4 is 17.6 Å². The average molecular weight is 252 g/mol. The van der Waals surface area contributed by atoms with E-state index in [2.05, 4.69) is 15.0 Å². The minimum Gasteiger partial charge on any atom is -0.481 e. The molecular formula is C12H16N2O4. The molecule has 0 saturated heterocycles. The van der Waals surface area contributed by atoms with Crippen LogP contribution >= 0.6 is 0 Å². The Balaban J connectivity index is 2.61. The van der Waals surface area contributed by atoms with Gasteiger partial charge in [-0.25, -0.2) is 9.78 Å². The number of ether oxygens (including phenoxy) is 1. The molecular weight excluding hydrogens is 236 g/mol. The second kappa shape index (κ2) is 6.58. The SMILES string of the molecule is COC(=O)c1cc(NC(C)CCC(=O)O)ccn1. The summed E-state index contributed by atoms with van der Waals surface area (Å²) < 4.78 is 4.57. The number of esters is 1. The molecule has 0 saturated carbocycles. The van der Waals surface area contributed by atoms with Gasteiger partial charge in [0.05, 0.1) is 7.11 Å². The van der Waals surface area contributed by atoms with E-state index in [9.17, 15) is 9.59 Å². The van der Waals surface area contributed by atoms with E-state index in [1.54, 1.807) is 12.1 Å². The number of methoxy groups -OCH3 is 1. The molecule has 1 unspecified atom stereocenters. The predicted molar refractivity (Wildman–Crippen MR) is 65.5 cm³/mol. The van der Waals surface area contributed by atoms with Crippen LogP contribution in [0.2, 0.25) is 0 Å². The summed E-state index contributed by atoms with van der Waals surface area (Å²) in [4.78, 5) is 25.6. The number of aliphatic carboxylic acids is 1. The maximum atomic E-state index is 11.3. The predicted octanol–water partition coefficient (Wildman–Crippen LogP) is 1.53. The van der Waals surface area contributed by atoms with Crippen LogP contribution in [0.4, 0.5) is 5.69 Å². The van der Waals surface area contributed by atoms with Crippen molar-refractivity contribution in [2.45, 2.75) is 25.8 Å². The Morgan fingerprint density at radius 2 is 2.28 bits per heavy atom. The molecule has 98 valence electrons. The Bertz CT molecular complexity index is 434. The molecule has 0 amide bonds. The quantitative estimate of drug-likeness (QED) is 0.746. The minimum absolute atomic E-state index is 0.00556. The third-order valence-electron chi connectivity index (χ3n) is 2.36. The largest absolute Gasteiger partial charge is 0.481 e. The highest BCUT2D eigenvalue weighted by Gasteiger charge is 2.09. The van der Waals surface area contributed by atoms with Gasteiger partial charge in [-0.1, -0.05) is 0 Å². The summed E-state index contributed by atoms with van der Waals surface area (Å²) >= 11 is 0. The van der Waals surface area contributed by atoms with Crippen molar-refractivity contribution in [3.8, 4) is 0 Å². The number of carboxylic acids is 1. The first-order valence-corrected chi connectivity index (χ1v) is 5.55. The number of nitrogens with one attached hydrogen (secondary N) is 1. The maximum absolute atomic E-state index is 11.3. The molecule has 6 heteroatoms. The van der Waals surface area contributed by atoms with Gasteiger partial charge in [0.25, 0.3) is 0 Å². The zero-order valence-electron chi connectivity index (χ0n) is 10.3. The van der Waals surface area contributed by atoms with E-state index < -0.39 is 11.9 Å². The van der Waals surface area contributed by atoms with Crippen LogP contribution in [0.5, 0.6) is 0 Å². The summed E-state index contributed by atoms with van der Waals surface area (Å²) in [5.74, 6) is -1.33. The number of carbonyl (C=O) groups is 2. The van der Waals surface area contributed by atoms with Crippen molar-refractivity contribution in [2.75, 3.05) is 12.4 Å². The van der Waals surface area contributed by atoms with Crippen LogP contribution in [0.25, 0.3) is 0 Å². The van der Waals surface area contributed by atoms with Gasteiger partial charge in [0.15, 0.2) is 0 Å². The smallest absolute Gasteiger partial charge is 0.356 e. The molecule has 2 N–H and O–H groups in total. The van der Waals surface area contributed by atoms with E-state index in [1.807, 2.05) is 6.92 Å². The second-order valence-electron chi connectivity index (χ2n) is 3.90. The number of nitrogens with zero attached hydrogens (tertiary/aromatic N) is 1. The van der Waals surface area contributed by atoms with Gasteiger partial charge < -0.3 is 15.2 Å². The van der Waals surface area contributed by atoms with E-state index in [4.69, 9.17) is 5.11 Å². The van der Waals surface area contributed by atoms with Crippen LogP contribution in [0, 0.1) is 0 Å². The van der Waals surface area contributed by atoms with Gasteiger partial charge in [0, 0.05) is 24.3 Å². The van der Waals surface area contributed by atoms with Gasteiger partial charge in [-0.15, -0.1) is 0 Å². The molecule has 1 heterocycles. The van der Waals surface area contributed by atoms with Crippen LogP contribution in [0.1, 0.15) is 30.3 Å². The van der Waals surface area contributed by atoms with Crippen LogP contribution in [-0.2, 0) is 9.53 Å². The molecule has 1 aromatic rings. The fourth-order valence-electron chi connectivity index (χ4n) is 1.43. The molecule has 1 rings (SSSR count). The minimum atomic E-state index is -0.825. The Hall–Kier alpha value is -2.11. The van der Waals surface area contributed by atoms with E-state index in [0.29, 0.717) is 12.1 Å². The molecule has 0 bridgehead atoms. The highest BCUT2D eigenvalue weighted by atomic mass is 16.5. The fourth-order valence-corrected chi connectivity index (χ4v) is 1.43. The van der Waals surface area contributed by atoms with Crippen molar-refractivity contribution in [1.29, 1.82) is 0 Å². The fraction of sp³-hybridized carbons (Fsp3) is 0.417. The Labute approximate surface area is 105 Å². The maximum Gasteiger partial charge on any atom is 0.356 e. The van der Waals surface area contributed by atoms with E-state index in [1.165, 1.54) is 13.3 Å². The molecule has 0 fully saturated rings. The number of pyridine rings is 1. The number of hydrogen-bond donors (Lipinski definition) is 2. The van der Waals surface area contributed by atoms with Crippen molar-refractivity contribution in [1.82, 2.24) is 4.98 Å². The van der Waals surface area contributed by atoms with Crippen LogP contribution in [0.15, 0.2) is 18.3 Å². The zero-order valence-corrected chi connectivity index (χ0v) is 10.3. The van der Waals surface area contributed by atoms with Crippen LogP contribution < -0.4 is 5.32 Å². The normalized spacial score (nSPS) is 11.7. The third-order valence-corrected chi connectivity index (χ3v) is 2.36. The van der Waals surface area contributed by atoms with Gasteiger partial charge >= 0.3 is 11.9 Å². The monoisotopic (exact) mass is 252 g/mol. The van der Waals surface area contributed by atoms with E-state index >= 15 is 0 Å². The van der Waals surface area contributed by atoms with Crippen molar-refractivity contribution in [2.24, 2.45) is 0 Å². The van der Waals surface area contributed by atoms with Crippen molar-refractivity contribution in [3.63, 3.8) is 0 Å². The third kappa shape index (κ3) is 4.40. The molecule has 0 aromatic carbocycles. The highest BCUT2D eigenvalue weighted by Crippen LogP contribution is 2.12. The van der Waals surface area contributed by atoms with Crippen molar-refractivity contribution in [3.05, 3.63) is 24.0 Å². The lowest BCUT2D eigenvalue weighted by Gasteiger charge is -2.14. The summed E-state index contributed by atoms with van der Waals surface area (Å²) in [6.45, 7) is 1.88. The highest BCUT2D eigenvalue weighted by molar-refractivity contribution is 5.88. The Kier molecular flexibility index (Phi) is 5.10. The number of aromatic nitrogens is 1. The van der Waals surface area contributed by atoms with Gasteiger partial charge in [-0.2, -0.15) is 0 Å². The number of hydrogen-bond acceptors (Lipinski definition) is 5.